The van der Waals surface area contributed by atoms with Crippen LogP contribution in [0.3, 0.4) is 0 Å². The Morgan fingerprint density at radius 3 is 2.41 bits per heavy atom. The molecule has 0 atom stereocenters. The van der Waals surface area contributed by atoms with Crippen molar-refractivity contribution in [2.75, 3.05) is 4.72 Å². The molecule has 14 heteroatoms. The average molecular weight is 536 g/mol. The van der Waals surface area contributed by atoms with Crippen LogP contribution in [-0.2, 0) is 23.3 Å². The number of hydrogen-bond acceptors (Lipinski definition) is 6. The fourth-order valence-electron chi connectivity index (χ4n) is 3.42. The zero-order valence-electron chi connectivity index (χ0n) is 18.9. The Hall–Kier alpha value is -4.30. The van der Waals surface area contributed by atoms with Crippen LogP contribution in [0.25, 0.3) is 5.69 Å². The second-order valence-electron chi connectivity index (χ2n) is 7.72. The Balaban J connectivity index is 1.53. The molecule has 0 radical (unpaired) electrons. The van der Waals surface area contributed by atoms with E-state index in [1.54, 1.807) is 24.3 Å². The van der Waals surface area contributed by atoms with Crippen molar-refractivity contribution in [3.63, 3.8) is 0 Å². The Kier molecular flexibility index (Phi) is 7.22. The van der Waals surface area contributed by atoms with Crippen LogP contribution in [0.4, 0.5) is 18.9 Å². The van der Waals surface area contributed by atoms with Crippen LogP contribution < -0.4 is 19.9 Å². The van der Waals surface area contributed by atoms with Crippen LogP contribution in [0.5, 0.6) is 11.6 Å². The number of aromatic hydroxyl groups is 1. The lowest BCUT2D eigenvalue weighted by Gasteiger charge is -2.13. The number of nitrogens with zero attached hydrogens (tertiary/aromatic N) is 3. The summed E-state index contributed by atoms with van der Waals surface area (Å²) < 4.78 is 72.9. The van der Waals surface area contributed by atoms with Crippen molar-refractivity contribution in [1.29, 1.82) is 0 Å². The van der Waals surface area contributed by atoms with E-state index in [1.807, 2.05) is 6.07 Å². The molecule has 194 valence electrons. The van der Waals surface area contributed by atoms with Gasteiger partial charge in [0, 0.05) is 12.7 Å². The molecule has 10 nitrogen and oxygen atoms in total. The molecule has 2 aromatic heterocycles. The highest BCUT2D eigenvalue weighted by molar-refractivity contribution is 7.90. The monoisotopic (exact) mass is 535 g/mol. The van der Waals surface area contributed by atoms with Gasteiger partial charge in [0.2, 0.25) is 5.88 Å². The molecule has 0 aliphatic rings. The molecular formula is C23H20F3N5O5S. The highest BCUT2D eigenvalue weighted by Crippen LogP contribution is 2.25. The molecule has 0 aliphatic carbocycles. The second-order valence-corrected chi connectivity index (χ2v) is 9.22. The zero-order chi connectivity index (χ0) is 26.6. The first-order valence-electron chi connectivity index (χ1n) is 10.6. The van der Waals surface area contributed by atoms with Gasteiger partial charge in [-0.25, -0.2) is 9.36 Å². The number of alkyl halides is 3. The number of halogens is 3. The van der Waals surface area contributed by atoms with Crippen LogP contribution >= 0.6 is 0 Å². The lowest BCUT2D eigenvalue weighted by atomic mass is 10.2. The maximum Gasteiger partial charge on any atom is 0.573 e. The van der Waals surface area contributed by atoms with E-state index in [1.165, 1.54) is 30.6 Å². The minimum atomic E-state index is -4.87. The lowest BCUT2D eigenvalue weighted by Crippen LogP contribution is -2.30. The summed E-state index contributed by atoms with van der Waals surface area (Å²) in [5.74, 6) is -0.965. The topological polar surface area (TPSA) is 127 Å². The Morgan fingerprint density at radius 1 is 1.03 bits per heavy atom. The SMILES string of the molecule is O=c1n(Cc2ccncc2NS(=O)(=O)NCc2ccccc2)cc(O)n1-c1ccc(OC(F)(F)F)cc1. The van der Waals surface area contributed by atoms with Gasteiger partial charge in [-0.3, -0.25) is 14.3 Å². The maximum absolute atomic E-state index is 13.0. The minimum Gasteiger partial charge on any atom is -0.493 e. The van der Waals surface area contributed by atoms with E-state index in [4.69, 9.17) is 0 Å². The van der Waals surface area contributed by atoms with Gasteiger partial charge in [0.25, 0.3) is 10.2 Å². The summed E-state index contributed by atoms with van der Waals surface area (Å²) in [6.45, 7) is -0.0948. The smallest absolute Gasteiger partial charge is 0.493 e. The summed E-state index contributed by atoms with van der Waals surface area (Å²) >= 11 is 0. The van der Waals surface area contributed by atoms with Crippen LogP contribution in [0.15, 0.2) is 84.0 Å². The van der Waals surface area contributed by atoms with Gasteiger partial charge in [0.05, 0.1) is 30.3 Å². The van der Waals surface area contributed by atoms with Gasteiger partial charge in [-0.1, -0.05) is 30.3 Å². The van der Waals surface area contributed by atoms with Crippen molar-refractivity contribution in [2.45, 2.75) is 19.5 Å². The standard InChI is InChI=1S/C23H20F3N5O5S/c24-23(25,26)36-19-8-6-18(7-9-19)31-21(32)15-30(22(31)33)14-17-10-11-27-13-20(17)29-37(34,35)28-12-16-4-2-1-3-5-16/h1-11,13,15,28-29,32H,12,14H2. The molecule has 0 amide bonds. The molecule has 4 rings (SSSR count). The summed E-state index contributed by atoms with van der Waals surface area (Å²) in [6.07, 6.45) is -1.07. The Morgan fingerprint density at radius 2 is 1.73 bits per heavy atom. The summed E-state index contributed by atoms with van der Waals surface area (Å²) in [6, 6.07) is 14.8. The van der Waals surface area contributed by atoms with E-state index in [2.05, 4.69) is 19.2 Å². The number of aromatic nitrogens is 3. The van der Waals surface area contributed by atoms with Crippen molar-refractivity contribution >= 4 is 15.9 Å². The third-order valence-corrected chi connectivity index (χ3v) is 6.08. The second kappa shape index (κ2) is 10.4. The fraction of sp³-hybridized carbons (Fsp3) is 0.130. The molecule has 0 spiro atoms. The summed E-state index contributed by atoms with van der Waals surface area (Å²) in [5.41, 5.74) is 0.608. The maximum atomic E-state index is 13.0. The first-order chi connectivity index (χ1) is 17.5. The molecule has 0 bridgehead atoms. The number of anilines is 1. The van der Waals surface area contributed by atoms with E-state index >= 15 is 0 Å². The predicted octanol–water partition coefficient (Wildman–Crippen LogP) is 3.13. The van der Waals surface area contributed by atoms with Gasteiger partial charge in [-0.05, 0) is 41.5 Å². The zero-order valence-corrected chi connectivity index (χ0v) is 19.7. The molecule has 3 N–H and O–H groups in total. The van der Waals surface area contributed by atoms with Crippen LogP contribution in [-0.4, -0.2) is 34.0 Å². The molecule has 0 unspecified atom stereocenters. The summed E-state index contributed by atoms with van der Waals surface area (Å²) in [4.78, 5) is 16.9. The molecule has 4 aromatic rings. The average Bonchev–Trinajstić information content (AvgIpc) is 3.12. The van der Waals surface area contributed by atoms with E-state index < -0.39 is 33.9 Å². The first-order valence-corrected chi connectivity index (χ1v) is 12.1. The lowest BCUT2D eigenvalue weighted by molar-refractivity contribution is -0.274. The Labute approximate surface area is 208 Å². The van der Waals surface area contributed by atoms with Crippen molar-refractivity contribution in [1.82, 2.24) is 18.8 Å². The number of ether oxygens (including phenoxy) is 1. The largest absolute Gasteiger partial charge is 0.573 e. The fourth-order valence-corrected chi connectivity index (χ4v) is 4.33. The van der Waals surface area contributed by atoms with Gasteiger partial charge in [0.15, 0.2) is 0 Å². The molecule has 2 heterocycles. The van der Waals surface area contributed by atoms with Gasteiger partial charge in [-0.15, -0.1) is 13.2 Å². The van der Waals surface area contributed by atoms with Crippen molar-refractivity contribution in [2.24, 2.45) is 0 Å². The molecule has 0 saturated carbocycles. The van der Waals surface area contributed by atoms with Crippen LogP contribution in [0.2, 0.25) is 0 Å². The van der Waals surface area contributed by atoms with Crippen LogP contribution in [0.1, 0.15) is 11.1 Å². The predicted molar refractivity (Wildman–Crippen MR) is 128 cm³/mol. The molecule has 0 saturated heterocycles. The molecular weight excluding hydrogens is 515 g/mol. The molecule has 0 aliphatic heterocycles. The number of benzene rings is 2. The quantitative estimate of drug-likeness (QED) is 0.302. The minimum absolute atomic E-state index is 0.0503. The van der Waals surface area contributed by atoms with Crippen LogP contribution in [0, 0.1) is 0 Å². The number of pyridine rings is 1. The molecule has 37 heavy (non-hydrogen) atoms. The highest BCUT2D eigenvalue weighted by Gasteiger charge is 2.31. The Bertz CT molecular complexity index is 1540. The summed E-state index contributed by atoms with van der Waals surface area (Å²) in [5, 5.41) is 10.3. The highest BCUT2D eigenvalue weighted by atomic mass is 32.2. The van der Waals surface area contributed by atoms with E-state index in [-0.39, 0.29) is 24.5 Å². The number of hydrogen-bond donors (Lipinski definition) is 3. The van der Waals surface area contributed by atoms with Crippen molar-refractivity contribution < 1.29 is 31.4 Å². The van der Waals surface area contributed by atoms with Gasteiger partial charge >= 0.3 is 12.1 Å². The van der Waals surface area contributed by atoms with Gasteiger partial charge in [-0.2, -0.15) is 13.1 Å². The third-order valence-electron chi connectivity index (χ3n) is 5.07. The van der Waals surface area contributed by atoms with Gasteiger partial charge in [0.1, 0.15) is 5.75 Å². The third kappa shape index (κ3) is 6.68. The van der Waals surface area contributed by atoms with E-state index in [9.17, 15) is 31.5 Å². The molecule has 0 fully saturated rings. The number of rotatable bonds is 9. The van der Waals surface area contributed by atoms with Gasteiger partial charge < -0.3 is 9.84 Å². The number of nitrogens with one attached hydrogen (secondary N) is 2. The first kappa shape index (κ1) is 25.8. The van der Waals surface area contributed by atoms with E-state index in [0.717, 1.165) is 33.0 Å². The van der Waals surface area contributed by atoms with E-state index in [0.29, 0.717) is 5.56 Å². The number of imidazole rings is 1. The normalized spacial score (nSPS) is 11.9. The van der Waals surface area contributed by atoms with Crippen molar-refractivity contribution in [3.8, 4) is 17.3 Å². The molecule has 2 aromatic carbocycles. The van der Waals surface area contributed by atoms with Crippen molar-refractivity contribution in [3.05, 3.63) is 101 Å². The summed E-state index contributed by atoms with van der Waals surface area (Å²) in [7, 11) is -3.99.